The lowest BCUT2D eigenvalue weighted by Crippen LogP contribution is -2.54. The van der Waals surface area contributed by atoms with Crippen LogP contribution in [0.3, 0.4) is 0 Å². The molecule has 32 heavy (non-hydrogen) atoms. The summed E-state index contributed by atoms with van der Waals surface area (Å²) in [5.74, 6) is -0.253. The number of nitrogens with zero attached hydrogens (tertiary/aromatic N) is 1. The first kappa shape index (κ1) is 23.9. The summed E-state index contributed by atoms with van der Waals surface area (Å²) in [5.41, 5.74) is 3.50. The molecule has 7 heteroatoms. The molecule has 4 N–H and O–H groups in total. The van der Waals surface area contributed by atoms with Crippen molar-refractivity contribution in [2.75, 3.05) is 32.7 Å². The summed E-state index contributed by atoms with van der Waals surface area (Å²) >= 11 is 0. The predicted octanol–water partition coefficient (Wildman–Crippen LogP) is 0.859. The van der Waals surface area contributed by atoms with Crippen molar-refractivity contribution in [2.24, 2.45) is 0 Å². The maximum Gasteiger partial charge on any atom is 0.234 e. The Balaban J connectivity index is 1.56. The minimum absolute atomic E-state index is 0.0683. The van der Waals surface area contributed by atoms with Gasteiger partial charge in [-0.1, -0.05) is 61.5 Å². The van der Waals surface area contributed by atoms with E-state index < -0.39 is 12.1 Å². The Morgan fingerprint density at radius 3 is 2.62 bits per heavy atom. The van der Waals surface area contributed by atoms with Gasteiger partial charge in [-0.2, -0.15) is 0 Å². The van der Waals surface area contributed by atoms with E-state index in [1.165, 1.54) is 11.1 Å². The number of hydrogen-bond acceptors (Lipinski definition) is 5. The number of carbonyl (C=O) groups is 2. The lowest BCUT2D eigenvalue weighted by atomic mass is 10.0. The van der Waals surface area contributed by atoms with Crippen LogP contribution in [0.1, 0.15) is 23.6 Å². The molecule has 0 spiro atoms. The van der Waals surface area contributed by atoms with Crippen LogP contribution in [0.15, 0.2) is 54.6 Å². The molecule has 0 aliphatic carbocycles. The van der Waals surface area contributed by atoms with E-state index in [9.17, 15) is 14.7 Å². The van der Waals surface area contributed by atoms with Crippen LogP contribution in [-0.4, -0.2) is 66.7 Å². The topological polar surface area (TPSA) is 93.7 Å². The molecule has 0 aromatic heterocycles. The van der Waals surface area contributed by atoms with Gasteiger partial charge in [-0.25, -0.2) is 0 Å². The number of rotatable bonds is 11. The Morgan fingerprint density at radius 2 is 1.88 bits per heavy atom. The molecule has 0 radical (unpaired) electrons. The van der Waals surface area contributed by atoms with Gasteiger partial charge in [0.2, 0.25) is 11.8 Å². The van der Waals surface area contributed by atoms with Crippen molar-refractivity contribution in [3.63, 3.8) is 0 Å². The molecule has 1 aliphatic heterocycles. The van der Waals surface area contributed by atoms with Crippen molar-refractivity contribution >= 4 is 11.8 Å². The van der Waals surface area contributed by atoms with Gasteiger partial charge < -0.3 is 21.1 Å². The first-order valence-corrected chi connectivity index (χ1v) is 11.3. The fourth-order valence-electron chi connectivity index (χ4n) is 3.90. The molecule has 172 valence electrons. The Bertz CT molecular complexity index is 875. The smallest absolute Gasteiger partial charge is 0.234 e. The molecule has 0 unspecified atom stereocenters. The monoisotopic (exact) mass is 438 g/mol. The van der Waals surface area contributed by atoms with Crippen molar-refractivity contribution < 1.29 is 14.7 Å². The van der Waals surface area contributed by atoms with Gasteiger partial charge in [-0.05, 0) is 29.5 Å². The fraction of sp³-hybridized carbons (Fsp3) is 0.440. The summed E-state index contributed by atoms with van der Waals surface area (Å²) < 4.78 is 0. The highest BCUT2D eigenvalue weighted by atomic mass is 16.3. The van der Waals surface area contributed by atoms with Crippen LogP contribution in [-0.2, 0) is 29.0 Å². The lowest BCUT2D eigenvalue weighted by Gasteiger charge is -2.28. The van der Waals surface area contributed by atoms with Crippen LogP contribution in [0, 0.1) is 0 Å². The van der Waals surface area contributed by atoms with Gasteiger partial charge in [-0.3, -0.25) is 14.5 Å². The summed E-state index contributed by atoms with van der Waals surface area (Å²) in [4.78, 5) is 26.1. The van der Waals surface area contributed by atoms with Gasteiger partial charge in [0, 0.05) is 26.2 Å². The molecule has 1 saturated heterocycles. The number of aliphatic hydroxyl groups is 1. The number of benzene rings is 2. The molecular formula is C25H34N4O3. The molecule has 2 aromatic rings. The first-order valence-electron chi connectivity index (χ1n) is 11.3. The molecule has 1 heterocycles. The molecule has 2 amide bonds. The number of carbonyl (C=O) groups excluding carboxylic acids is 2. The van der Waals surface area contributed by atoms with Crippen molar-refractivity contribution in [2.45, 2.75) is 38.5 Å². The molecule has 1 fully saturated rings. The molecule has 0 saturated carbocycles. The largest absolute Gasteiger partial charge is 0.390 e. The second kappa shape index (κ2) is 12.3. The predicted molar refractivity (Wildman–Crippen MR) is 125 cm³/mol. The van der Waals surface area contributed by atoms with E-state index in [0.29, 0.717) is 32.6 Å². The average Bonchev–Trinajstić information content (AvgIpc) is 2.79. The van der Waals surface area contributed by atoms with E-state index in [4.69, 9.17) is 0 Å². The van der Waals surface area contributed by atoms with Crippen molar-refractivity contribution in [1.82, 2.24) is 20.9 Å². The van der Waals surface area contributed by atoms with Gasteiger partial charge in [0.25, 0.3) is 0 Å². The zero-order chi connectivity index (χ0) is 22.8. The highest BCUT2D eigenvalue weighted by Gasteiger charge is 2.24. The van der Waals surface area contributed by atoms with Gasteiger partial charge in [0.1, 0.15) is 0 Å². The number of hydrogen-bond donors (Lipinski definition) is 4. The molecule has 1 aliphatic rings. The Kier molecular flexibility index (Phi) is 9.22. The summed E-state index contributed by atoms with van der Waals surface area (Å²) in [6.45, 7) is 4.69. The maximum atomic E-state index is 12.7. The van der Waals surface area contributed by atoms with E-state index >= 15 is 0 Å². The molecule has 3 rings (SSSR count). The highest BCUT2D eigenvalue weighted by molar-refractivity contribution is 5.82. The van der Waals surface area contributed by atoms with E-state index in [1.54, 1.807) is 0 Å². The van der Waals surface area contributed by atoms with Crippen LogP contribution >= 0.6 is 0 Å². The average molecular weight is 439 g/mol. The summed E-state index contributed by atoms with van der Waals surface area (Å²) in [6, 6.07) is 17.8. The number of nitrogens with one attached hydrogen (secondary N) is 3. The van der Waals surface area contributed by atoms with Crippen molar-refractivity contribution in [3.05, 3.63) is 71.3 Å². The summed E-state index contributed by atoms with van der Waals surface area (Å²) in [5, 5.41) is 20.0. The molecule has 2 atom stereocenters. The van der Waals surface area contributed by atoms with Crippen molar-refractivity contribution in [3.8, 4) is 0 Å². The van der Waals surface area contributed by atoms with E-state index in [0.717, 1.165) is 12.0 Å². The Morgan fingerprint density at radius 1 is 1.12 bits per heavy atom. The summed E-state index contributed by atoms with van der Waals surface area (Å²) in [7, 11) is 0. The van der Waals surface area contributed by atoms with E-state index in [2.05, 4.69) is 41.1 Å². The van der Waals surface area contributed by atoms with Gasteiger partial charge >= 0.3 is 0 Å². The lowest BCUT2D eigenvalue weighted by molar-refractivity contribution is -0.127. The zero-order valence-electron chi connectivity index (χ0n) is 18.7. The minimum Gasteiger partial charge on any atom is -0.390 e. The number of piperazine rings is 1. The van der Waals surface area contributed by atoms with Crippen molar-refractivity contribution in [1.29, 1.82) is 0 Å². The Labute approximate surface area is 190 Å². The SMILES string of the molecule is CCc1cccc(CNC[C@@H](O)[C@H](Cc2ccccc2)NC(=O)CN2CCNC(=O)C2)c1. The maximum absolute atomic E-state index is 12.7. The fourth-order valence-corrected chi connectivity index (χ4v) is 3.90. The first-order chi connectivity index (χ1) is 15.5. The molecule has 7 nitrogen and oxygen atoms in total. The third-order valence-corrected chi connectivity index (χ3v) is 5.68. The van der Waals surface area contributed by atoms with Gasteiger partial charge in [0.15, 0.2) is 0 Å². The van der Waals surface area contributed by atoms with Crippen LogP contribution in [0.25, 0.3) is 0 Å². The molecule has 0 bridgehead atoms. The van der Waals surface area contributed by atoms with Crippen LogP contribution in [0.4, 0.5) is 0 Å². The van der Waals surface area contributed by atoms with Gasteiger partial charge in [-0.15, -0.1) is 0 Å². The molecular weight excluding hydrogens is 404 g/mol. The Hall–Kier alpha value is -2.74. The standard InChI is InChI=1S/C25H34N4O3/c1-2-19-9-6-10-21(13-19)15-26-16-23(30)22(14-20-7-4-3-5-8-20)28-25(32)18-29-12-11-27-24(31)17-29/h3-10,13,22-23,26,30H,2,11-12,14-18H2,1H3,(H,27,31)(H,28,32)/t22-,23+/m0/s1. The molecule has 2 aromatic carbocycles. The second-order valence-corrected chi connectivity index (χ2v) is 8.30. The minimum atomic E-state index is -0.752. The zero-order valence-corrected chi connectivity index (χ0v) is 18.7. The second-order valence-electron chi connectivity index (χ2n) is 8.30. The highest BCUT2D eigenvalue weighted by Crippen LogP contribution is 2.08. The van der Waals surface area contributed by atoms with Gasteiger partial charge in [0.05, 0.1) is 25.2 Å². The quantitative estimate of drug-likeness (QED) is 0.418. The number of aryl methyl sites for hydroxylation is 1. The normalized spacial score (nSPS) is 16.2. The number of aliphatic hydroxyl groups excluding tert-OH is 1. The van der Waals surface area contributed by atoms with E-state index in [1.807, 2.05) is 41.3 Å². The van der Waals surface area contributed by atoms with Crippen LogP contribution in [0.5, 0.6) is 0 Å². The van der Waals surface area contributed by atoms with Crippen LogP contribution < -0.4 is 16.0 Å². The van der Waals surface area contributed by atoms with E-state index in [-0.39, 0.29) is 24.9 Å². The third kappa shape index (κ3) is 7.75. The summed E-state index contributed by atoms with van der Waals surface area (Å²) in [6.07, 6.45) is 0.764. The third-order valence-electron chi connectivity index (χ3n) is 5.68. The van der Waals surface area contributed by atoms with Crippen LogP contribution in [0.2, 0.25) is 0 Å². The number of amides is 2.